The molecular formula is C16H18N6O. The number of hydrogen-bond acceptors (Lipinski definition) is 5. The van der Waals surface area contributed by atoms with Crippen LogP contribution in [0.2, 0.25) is 0 Å². The number of imidazole rings is 1. The Bertz CT molecular complexity index is 779. The summed E-state index contributed by atoms with van der Waals surface area (Å²) in [7, 11) is 1.53. The molecule has 0 spiro atoms. The van der Waals surface area contributed by atoms with E-state index in [1.165, 1.54) is 7.05 Å². The maximum Gasteiger partial charge on any atom is 0.261 e. The Hall–Kier alpha value is -2.88. The number of carbonyl (C=O) groups is 1. The van der Waals surface area contributed by atoms with Gasteiger partial charge >= 0.3 is 0 Å². The Labute approximate surface area is 134 Å². The number of pyridine rings is 1. The van der Waals surface area contributed by atoms with Gasteiger partial charge in [0.25, 0.3) is 5.91 Å². The molecule has 0 aromatic carbocycles. The van der Waals surface area contributed by atoms with Gasteiger partial charge in [-0.25, -0.2) is 9.97 Å². The molecule has 7 nitrogen and oxygen atoms in total. The predicted molar refractivity (Wildman–Crippen MR) is 86.6 cm³/mol. The van der Waals surface area contributed by atoms with Crippen LogP contribution in [0.4, 0.5) is 5.82 Å². The number of carbonyl (C=O) groups excluding carboxylic acids is 1. The van der Waals surface area contributed by atoms with Crippen molar-refractivity contribution < 1.29 is 4.79 Å². The quantitative estimate of drug-likeness (QED) is 0.659. The number of rotatable bonds is 3. The Morgan fingerprint density at radius 3 is 2.96 bits per heavy atom. The fourth-order valence-corrected chi connectivity index (χ4v) is 2.90. The molecule has 118 valence electrons. The predicted octanol–water partition coefficient (Wildman–Crippen LogP) is 1.37. The zero-order chi connectivity index (χ0) is 16.2. The summed E-state index contributed by atoms with van der Waals surface area (Å²) >= 11 is 0. The molecule has 1 aliphatic rings. The largest absolute Gasteiger partial charge is 0.355 e. The highest BCUT2D eigenvalue weighted by Crippen LogP contribution is 2.27. The number of fused-ring (bicyclic) bond motifs is 1. The second-order valence-corrected chi connectivity index (χ2v) is 5.53. The van der Waals surface area contributed by atoms with Gasteiger partial charge in [-0.3, -0.25) is 4.79 Å². The van der Waals surface area contributed by atoms with Crippen molar-refractivity contribution in [2.24, 2.45) is 5.92 Å². The lowest BCUT2D eigenvalue weighted by Gasteiger charge is -2.31. The Kier molecular flexibility index (Phi) is 4.24. The van der Waals surface area contributed by atoms with E-state index >= 15 is 0 Å². The molecule has 1 aliphatic heterocycles. The van der Waals surface area contributed by atoms with Crippen molar-refractivity contribution in [3.63, 3.8) is 0 Å². The average molecular weight is 310 g/mol. The molecule has 1 saturated heterocycles. The van der Waals surface area contributed by atoms with Gasteiger partial charge in [0.05, 0.1) is 11.8 Å². The first kappa shape index (κ1) is 15.0. The highest BCUT2D eigenvalue weighted by molar-refractivity contribution is 5.97. The number of aromatic nitrogens is 3. The molecule has 3 rings (SSSR count). The van der Waals surface area contributed by atoms with Gasteiger partial charge in [-0.15, -0.1) is 0 Å². The second kappa shape index (κ2) is 6.48. The van der Waals surface area contributed by atoms with E-state index in [9.17, 15) is 4.79 Å². The van der Waals surface area contributed by atoms with E-state index in [0.717, 1.165) is 42.8 Å². The van der Waals surface area contributed by atoms with E-state index in [2.05, 4.69) is 25.2 Å². The van der Waals surface area contributed by atoms with E-state index in [-0.39, 0.29) is 17.4 Å². The first-order chi connectivity index (χ1) is 11.2. The molecular weight excluding hydrogens is 292 g/mol. The van der Waals surface area contributed by atoms with Crippen LogP contribution < -0.4 is 10.2 Å². The number of nitriles is 1. The molecule has 0 radical (unpaired) electrons. The fraction of sp³-hybridized carbons (Fsp3) is 0.375. The van der Waals surface area contributed by atoms with Crippen LogP contribution in [-0.2, 0) is 4.79 Å². The maximum absolute atomic E-state index is 11.6. The zero-order valence-corrected chi connectivity index (χ0v) is 12.9. The van der Waals surface area contributed by atoms with Crippen LogP contribution in [0.1, 0.15) is 12.8 Å². The van der Waals surface area contributed by atoms with E-state index in [1.807, 2.05) is 12.1 Å². The van der Waals surface area contributed by atoms with Crippen LogP contribution in [0.25, 0.3) is 11.0 Å². The standard InChI is InChI=1S/C16H18N6O/c1-18-16(23)12(9-17)8-11-3-6-22(7-4-11)15-14-13(2-5-19-15)20-10-21-14/h2,5,8,10-11H,3-4,6-7H2,1H3,(H,18,23)(H,20,21). The van der Waals surface area contributed by atoms with E-state index in [0.29, 0.717) is 0 Å². The number of piperidine rings is 1. The van der Waals surface area contributed by atoms with Gasteiger partial charge in [-0.05, 0) is 24.8 Å². The van der Waals surface area contributed by atoms with E-state index in [4.69, 9.17) is 5.26 Å². The second-order valence-electron chi connectivity index (χ2n) is 5.53. The summed E-state index contributed by atoms with van der Waals surface area (Å²) in [6.07, 6.45) is 7.00. The molecule has 1 amide bonds. The van der Waals surface area contributed by atoms with Crippen molar-refractivity contribution in [2.75, 3.05) is 25.0 Å². The average Bonchev–Trinajstić information content (AvgIpc) is 3.08. The number of amides is 1. The van der Waals surface area contributed by atoms with Crippen LogP contribution in [0.3, 0.4) is 0 Å². The molecule has 23 heavy (non-hydrogen) atoms. The first-order valence-corrected chi connectivity index (χ1v) is 7.60. The number of nitrogens with zero attached hydrogens (tertiary/aromatic N) is 4. The number of nitrogens with one attached hydrogen (secondary N) is 2. The summed E-state index contributed by atoms with van der Waals surface area (Å²) in [5.41, 5.74) is 2.05. The van der Waals surface area contributed by atoms with Crippen molar-refractivity contribution in [3.8, 4) is 6.07 Å². The van der Waals surface area contributed by atoms with Gasteiger partial charge in [0.15, 0.2) is 5.82 Å². The third kappa shape index (κ3) is 3.01. The first-order valence-electron chi connectivity index (χ1n) is 7.60. The Morgan fingerprint density at radius 1 is 1.48 bits per heavy atom. The van der Waals surface area contributed by atoms with Crippen LogP contribution in [0.15, 0.2) is 30.2 Å². The molecule has 7 heteroatoms. The molecule has 2 N–H and O–H groups in total. The molecule has 2 aromatic rings. The van der Waals surface area contributed by atoms with Gasteiger partial charge in [0.1, 0.15) is 17.2 Å². The highest BCUT2D eigenvalue weighted by Gasteiger charge is 2.22. The number of hydrogen-bond donors (Lipinski definition) is 2. The van der Waals surface area contributed by atoms with Crippen molar-refractivity contribution in [2.45, 2.75) is 12.8 Å². The Morgan fingerprint density at radius 2 is 2.26 bits per heavy atom. The summed E-state index contributed by atoms with van der Waals surface area (Å²) < 4.78 is 0. The maximum atomic E-state index is 11.6. The summed E-state index contributed by atoms with van der Waals surface area (Å²) in [5.74, 6) is 0.799. The van der Waals surface area contributed by atoms with Crippen LogP contribution in [0, 0.1) is 17.2 Å². The minimum absolute atomic E-state index is 0.193. The number of allylic oxidation sites excluding steroid dienone is 1. The molecule has 1 fully saturated rings. The lowest BCUT2D eigenvalue weighted by molar-refractivity contribution is -0.116. The number of H-pyrrole nitrogens is 1. The fourth-order valence-electron chi connectivity index (χ4n) is 2.90. The SMILES string of the molecule is CNC(=O)C(C#N)=CC1CCN(c2nccc3[nH]cnc23)CC1. The molecule has 0 atom stereocenters. The topological polar surface area (TPSA) is 97.7 Å². The molecule has 0 aliphatic carbocycles. The number of aromatic amines is 1. The van der Waals surface area contributed by atoms with Crippen molar-refractivity contribution in [3.05, 3.63) is 30.2 Å². The van der Waals surface area contributed by atoms with Crippen LogP contribution in [0.5, 0.6) is 0 Å². The van der Waals surface area contributed by atoms with E-state index < -0.39 is 0 Å². The number of anilines is 1. The summed E-state index contributed by atoms with van der Waals surface area (Å²) in [6, 6.07) is 3.88. The third-order valence-electron chi connectivity index (χ3n) is 4.15. The Balaban J connectivity index is 1.72. The lowest BCUT2D eigenvalue weighted by atomic mass is 9.94. The normalized spacial score (nSPS) is 16.3. The summed E-state index contributed by atoms with van der Waals surface area (Å²) in [6.45, 7) is 1.65. The molecule has 3 heterocycles. The van der Waals surface area contributed by atoms with Gasteiger partial charge in [0.2, 0.25) is 0 Å². The van der Waals surface area contributed by atoms with Gasteiger partial charge in [-0.1, -0.05) is 6.08 Å². The van der Waals surface area contributed by atoms with Crippen molar-refractivity contribution >= 4 is 22.8 Å². The zero-order valence-electron chi connectivity index (χ0n) is 12.9. The molecule has 2 aromatic heterocycles. The van der Waals surface area contributed by atoms with Crippen LogP contribution >= 0.6 is 0 Å². The minimum atomic E-state index is -0.321. The smallest absolute Gasteiger partial charge is 0.261 e. The highest BCUT2D eigenvalue weighted by atomic mass is 16.1. The monoisotopic (exact) mass is 310 g/mol. The molecule has 0 bridgehead atoms. The van der Waals surface area contributed by atoms with Gasteiger partial charge in [-0.2, -0.15) is 5.26 Å². The number of likely N-dealkylation sites (N-methyl/N-ethyl adjacent to an activating group) is 1. The summed E-state index contributed by atoms with van der Waals surface area (Å²) in [4.78, 5) is 25.7. The minimum Gasteiger partial charge on any atom is -0.355 e. The van der Waals surface area contributed by atoms with Crippen molar-refractivity contribution in [1.82, 2.24) is 20.3 Å². The van der Waals surface area contributed by atoms with E-state index in [1.54, 1.807) is 18.6 Å². The van der Waals surface area contributed by atoms with Gasteiger partial charge in [0, 0.05) is 26.3 Å². The van der Waals surface area contributed by atoms with Crippen LogP contribution in [-0.4, -0.2) is 41.0 Å². The molecule has 0 saturated carbocycles. The lowest BCUT2D eigenvalue weighted by Crippen LogP contribution is -2.34. The third-order valence-corrected chi connectivity index (χ3v) is 4.15. The summed E-state index contributed by atoms with van der Waals surface area (Å²) in [5, 5.41) is 11.6. The molecule has 0 unspecified atom stereocenters. The van der Waals surface area contributed by atoms with Gasteiger partial charge < -0.3 is 15.2 Å². The van der Waals surface area contributed by atoms with Crippen molar-refractivity contribution in [1.29, 1.82) is 5.26 Å².